The molecule has 1 heterocycles. The van der Waals surface area contributed by atoms with Gasteiger partial charge in [-0.25, -0.2) is 4.98 Å². The molecule has 0 saturated heterocycles. The molecule has 1 fully saturated rings. The van der Waals surface area contributed by atoms with Gasteiger partial charge in [0.05, 0.1) is 17.8 Å². The maximum Gasteiger partial charge on any atom is 0.388 e. The van der Waals surface area contributed by atoms with Crippen molar-refractivity contribution < 1.29 is 30.9 Å². The van der Waals surface area contributed by atoms with Crippen molar-refractivity contribution in [1.29, 1.82) is 0 Å². The van der Waals surface area contributed by atoms with Crippen molar-refractivity contribution in [2.45, 2.75) is 57.7 Å². The zero-order valence-electron chi connectivity index (χ0n) is 18.3. The molecule has 0 aliphatic heterocycles. The van der Waals surface area contributed by atoms with Crippen molar-refractivity contribution in [3.63, 3.8) is 0 Å². The number of carbonyl (C=O) groups is 1. The molecule has 7 nitrogen and oxygen atoms in total. The molecule has 0 unspecified atom stereocenters. The lowest BCUT2D eigenvalue weighted by atomic mass is 9.60. The van der Waals surface area contributed by atoms with Gasteiger partial charge in [0.2, 0.25) is 11.8 Å². The van der Waals surface area contributed by atoms with Gasteiger partial charge in [-0.3, -0.25) is 8.98 Å². The van der Waals surface area contributed by atoms with Gasteiger partial charge in [0.1, 0.15) is 5.69 Å². The van der Waals surface area contributed by atoms with Crippen molar-refractivity contribution in [2.24, 2.45) is 0 Å². The summed E-state index contributed by atoms with van der Waals surface area (Å²) in [5, 5.41) is 2.67. The van der Waals surface area contributed by atoms with Gasteiger partial charge in [-0.1, -0.05) is 38.1 Å². The number of hydrogen-bond donors (Lipinski definition) is 1. The van der Waals surface area contributed by atoms with Crippen LogP contribution in [0.15, 0.2) is 36.4 Å². The molecule has 10 heteroatoms. The van der Waals surface area contributed by atoms with Crippen LogP contribution in [0.25, 0.3) is 0 Å². The number of aromatic nitrogens is 1. The van der Waals surface area contributed by atoms with Gasteiger partial charge in [-0.15, -0.1) is 0 Å². The number of anilines is 1. The van der Waals surface area contributed by atoms with Crippen LogP contribution < -0.4 is 10.1 Å². The van der Waals surface area contributed by atoms with E-state index in [-0.39, 0.29) is 30.3 Å². The minimum atomic E-state index is -3.70. The number of aryl methyl sites for hydroxylation is 1. The van der Waals surface area contributed by atoms with Gasteiger partial charge < -0.3 is 10.1 Å². The molecule has 1 aromatic carbocycles. The first kappa shape index (κ1) is 24.1. The highest BCUT2D eigenvalue weighted by atomic mass is 32.2. The smallest absolute Gasteiger partial charge is 0.388 e. The number of nitrogens with one attached hydrogen (secondary N) is 1. The van der Waals surface area contributed by atoms with Gasteiger partial charge in [-0.05, 0) is 48.9 Å². The minimum absolute atomic E-state index is 0.00906. The zero-order valence-corrected chi connectivity index (χ0v) is 19.1. The Hall–Kier alpha value is -2.59. The summed E-state index contributed by atoms with van der Waals surface area (Å²) in [4.78, 5) is 17.5. The van der Waals surface area contributed by atoms with Gasteiger partial charge in [0.25, 0.3) is 10.1 Å². The Labute approximate surface area is 186 Å². The summed E-state index contributed by atoms with van der Waals surface area (Å²) in [6.07, 6.45) is 0.546. The van der Waals surface area contributed by atoms with Gasteiger partial charge in [-0.2, -0.15) is 17.2 Å². The lowest BCUT2D eigenvalue weighted by Gasteiger charge is -2.46. The molecule has 1 amide bonds. The minimum Gasteiger partial charge on any atom is -0.415 e. The zero-order chi connectivity index (χ0) is 23.7. The Morgan fingerprint density at radius 1 is 1.19 bits per heavy atom. The maximum atomic E-state index is 13.5. The van der Waals surface area contributed by atoms with Gasteiger partial charge in [0.15, 0.2) is 0 Å². The number of halogens is 2. The molecule has 0 spiro atoms. The summed E-state index contributed by atoms with van der Waals surface area (Å²) in [5.74, 6) is -0.753. The Kier molecular flexibility index (Phi) is 6.85. The molecule has 1 aromatic heterocycles. The van der Waals surface area contributed by atoms with E-state index in [0.29, 0.717) is 5.69 Å². The quantitative estimate of drug-likeness (QED) is 0.586. The monoisotopic (exact) mass is 468 g/mol. The van der Waals surface area contributed by atoms with Crippen LogP contribution in [-0.2, 0) is 24.5 Å². The average molecular weight is 469 g/mol. The number of alkyl halides is 2. The number of carbonyl (C=O) groups excluding carboxylic acids is 1. The van der Waals surface area contributed by atoms with Crippen LogP contribution in [0.3, 0.4) is 0 Å². The Bertz CT molecular complexity index is 1100. The SMILES string of the molecule is Cc1ccc(NC(=O)C2(c3ccccc3C(C)C)CC(OS(C)(=O)=O)C2)c(OC(F)F)n1. The molecule has 0 radical (unpaired) electrons. The van der Waals surface area contributed by atoms with Crippen LogP contribution >= 0.6 is 0 Å². The third-order valence-corrected chi connectivity index (χ3v) is 6.07. The number of amides is 1. The largest absolute Gasteiger partial charge is 0.415 e. The summed E-state index contributed by atoms with van der Waals surface area (Å²) in [7, 11) is -3.70. The average Bonchev–Trinajstić information content (AvgIpc) is 2.65. The highest BCUT2D eigenvalue weighted by Gasteiger charge is 2.54. The lowest BCUT2D eigenvalue weighted by Crippen LogP contribution is -2.54. The second kappa shape index (κ2) is 9.11. The summed E-state index contributed by atoms with van der Waals surface area (Å²) in [6.45, 7) is 2.49. The van der Waals surface area contributed by atoms with Crippen molar-refractivity contribution >= 4 is 21.7 Å². The number of nitrogens with zero attached hydrogens (tertiary/aromatic N) is 1. The van der Waals surface area contributed by atoms with E-state index in [4.69, 9.17) is 4.18 Å². The summed E-state index contributed by atoms with van der Waals surface area (Å²) in [5.41, 5.74) is 1.05. The van der Waals surface area contributed by atoms with E-state index in [9.17, 15) is 22.0 Å². The molecule has 1 aliphatic carbocycles. The predicted molar refractivity (Wildman–Crippen MR) is 115 cm³/mol. The van der Waals surface area contributed by atoms with Crippen LogP contribution in [0.5, 0.6) is 5.88 Å². The topological polar surface area (TPSA) is 94.6 Å². The third kappa shape index (κ3) is 5.24. The molecule has 174 valence electrons. The second-order valence-corrected chi connectivity index (χ2v) is 9.89. The van der Waals surface area contributed by atoms with Crippen LogP contribution in [-0.4, -0.2) is 38.3 Å². The van der Waals surface area contributed by atoms with E-state index in [2.05, 4.69) is 15.0 Å². The number of rotatable bonds is 8. The first-order valence-electron chi connectivity index (χ1n) is 10.1. The third-order valence-electron chi connectivity index (χ3n) is 5.44. The van der Waals surface area contributed by atoms with Crippen molar-refractivity contribution in [2.75, 3.05) is 11.6 Å². The van der Waals surface area contributed by atoms with E-state index in [1.807, 2.05) is 32.0 Å². The fourth-order valence-electron chi connectivity index (χ4n) is 4.04. The number of benzene rings is 1. The van der Waals surface area contributed by atoms with E-state index < -0.39 is 34.2 Å². The van der Waals surface area contributed by atoms with Crippen molar-refractivity contribution in [3.05, 3.63) is 53.2 Å². The highest BCUT2D eigenvalue weighted by molar-refractivity contribution is 7.86. The molecule has 1 N–H and O–H groups in total. The fraction of sp³-hybridized carbons (Fsp3) is 0.455. The number of pyridine rings is 1. The number of ether oxygens (including phenoxy) is 1. The van der Waals surface area contributed by atoms with Crippen molar-refractivity contribution in [1.82, 2.24) is 4.98 Å². The van der Waals surface area contributed by atoms with Gasteiger partial charge in [0, 0.05) is 5.69 Å². The molecule has 0 bridgehead atoms. The first-order valence-corrected chi connectivity index (χ1v) is 11.9. The molecule has 2 aromatic rings. The Balaban J connectivity index is 1.98. The van der Waals surface area contributed by atoms with Crippen LogP contribution in [0.1, 0.15) is 49.4 Å². The van der Waals surface area contributed by atoms with Crippen LogP contribution in [0.2, 0.25) is 0 Å². The molecule has 1 aliphatic rings. The molecule has 32 heavy (non-hydrogen) atoms. The first-order chi connectivity index (χ1) is 14.9. The van der Waals surface area contributed by atoms with E-state index in [0.717, 1.165) is 17.4 Å². The Morgan fingerprint density at radius 2 is 1.84 bits per heavy atom. The lowest BCUT2D eigenvalue weighted by molar-refractivity contribution is -0.128. The second-order valence-electron chi connectivity index (χ2n) is 8.29. The number of hydrogen-bond acceptors (Lipinski definition) is 6. The van der Waals surface area contributed by atoms with Crippen molar-refractivity contribution in [3.8, 4) is 5.88 Å². The molecule has 3 rings (SSSR count). The van der Waals surface area contributed by atoms with Crippen LogP contribution in [0.4, 0.5) is 14.5 Å². The molecular weight excluding hydrogens is 442 g/mol. The standard InChI is InChI=1S/C22H26F2N2O5S/c1-13(2)16-7-5-6-8-17(16)22(11-15(12-22)31-32(4,28)29)20(27)26-18-10-9-14(3)25-19(18)30-21(23)24/h5-10,13,15,21H,11-12H2,1-4H3,(H,26,27). The summed E-state index contributed by atoms with van der Waals surface area (Å²) >= 11 is 0. The van der Waals surface area contributed by atoms with E-state index >= 15 is 0 Å². The summed E-state index contributed by atoms with van der Waals surface area (Å²) < 4.78 is 58.4. The maximum absolute atomic E-state index is 13.5. The highest BCUT2D eigenvalue weighted by Crippen LogP contribution is 2.49. The fourth-order valence-corrected chi connectivity index (χ4v) is 4.67. The van der Waals surface area contributed by atoms with Crippen LogP contribution in [0, 0.1) is 6.92 Å². The molecule has 0 atom stereocenters. The molecule has 1 saturated carbocycles. The normalized spacial score (nSPS) is 20.8. The van der Waals surface area contributed by atoms with E-state index in [1.54, 1.807) is 19.1 Å². The Morgan fingerprint density at radius 3 is 2.44 bits per heavy atom. The summed E-state index contributed by atoms with van der Waals surface area (Å²) in [6, 6.07) is 10.4. The predicted octanol–water partition coefficient (Wildman–Crippen LogP) is 4.13. The van der Waals surface area contributed by atoms with Gasteiger partial charge >= 0.3 is 6.61 Å². The van der Waals surface area contributed by atoms with E-state index in [1.165, 1.54) is 6.07 Å². The molecular formula is C22H26F2N2O5S.